The molecule has 1 atom stereocenters. The molecule has 4 rings (SSSR count). The molecule has 39 heavy (non-hydrogen) atoms. The number of nitrogens with zero attached hydrogens (tertiary/aromatic N) is 1. The van der Waals surface area contributed by atoms with Crippen molar-refractivity contribution in [2.75, 3.05) is 29.5 Å². The average molecular weight is 559 g/mol. The number of halogens is 1. The van der Waals surface area contributed by atoms with Gasteiger partial charge >= 0.3 is 6.09 Å². The molecule has 0 saturated carbocycles. The summed E-state index contributed by atoms with van der Waals surface area (Å²) < 4.78 is 43.8. The van der Waals surface area contributed by atoms with Gasteiger partial charge in [0.1, 0.15) is 28.0 Å². The highest BCUT2D eigenvalue weighted by atomic mass is 32.2. The van der Waals surface area contributed by atoms with Gasteiger partial charge in [-0.25, -0.2) is 17.6 Å². The Morgan fingerprint density at radius 3 is 2.51 bits per heavy atom. The molecule has 2 heterocycles. The van der Waals surface area contributed by atoms with Crippen LogP contribution in [0, 0.1) is 19.7 Å². The lowest BCUT2D eigenvalue weighted by molar-refractivity contribution is -0.122. The molecule has 0 aromatic heterocycles. The molecule has 10 heteroatoms. The van der Waals surface area contributed by atoms with Crippen molar-refractivity contribution in [2.24, 2.45) is 0 Å². The van der Waals surface area contributed by atoms with E-state index in [9.17, 15) is 27.2 Å². The fourth-order valence-electron chi connectivity index (χ4n) is 5.85. The van der Waals surface area contributed by atoms with Gasteiger partial charge in [-0.15, -0.1) is 0 Å². The molecule has 2 amide bonds. The summed E-state index contributed by atoms with van der Waals surface area (Å²) in [5, 5.41) is 2.83. The summed E-state index contributed by atoms with van der Waals surface area (Å²) in [6.45, 7) is 7.93. The van der Waals surface area contributed by atoms with Gasteiger partial charge in [0.05, 0.1) is 30.3 Å². The van der Waals surface area contributed by atoms with Crippen LogP contribution in [0.3, 0.4) is 0 Å². The number of carbonyl (C=O) groups is 3. The minimum Gasteiger partial charge on any atom is -0.442 e. The van der Waals surface area contributed by atoms with Crippen LogP contribution in [-0.4, -0.2) is 57.4 Å². The number of aldehydes is 1. The van der Waals surface area contributed by atoms with E-state index in [2.05, 4.69) is 5.32 Å². The predicted molar refractivity (Wildman–Crippen MR) is 147 cm³/mol. The van der Waals surface area contributed by atoms with Gasteiger partial charge in [-0.05, 0) is 72.9 Å². The van der Waals surface area contributed by atoms with Crippen molar-refractivity contribution in [3.8, 4) is 0 Å². The van der Waals surface area contributed by atoms with E-state index in [-0.39, 0.29) is 42.8 Å². The fourth-order valence-corrected chi connectivity index (χ4v) is 7.34. The lowest BCUT2D eigenvalue weighted by atomic mass is 9.76. The maximum atomic E-state index is 15.0. The Morgan fingerprint density at radius 1 is 1.18 bits per heavy atom. The first-order valence-electron chi connectivity index (χ1n) is 13.1. The Morgan fingerprint density at radius 2 is 1.87 bits per heavy atom. The fraction of sp³-hybridized carbons (Fsp3) is 0.483. The number of hydrogen-bond acceptors (Lipinski definition) is 6. The topological polar surface area (TPSA) is 110 Å². The molecule has 0 spiro atoms. The van der Waals surface area contributed by atoms with E-state index in [1.165, 1.54) is 11.0 Å². The van der Waals surface area contributed by atoms with E-state index in [1.807, 2.05) is 39.8 Å². The molecular weight excluding hydrogens is 523 g/mol. The first kappa shape index (κ1) is 28.7. The van der Waals surface area contributed by atoms with Crippen LogP contribution in [0.2, 0.25) is 0 Å². The molecule has 8 nitrogen and oxygen atoms in total. The van der Waals surface area contributed by atoms with E-state index in [1.54, 1.807) is 12.1 Å². The second-order valence-electron chi connectivity index (χ2n) is 11.3. The number of benzene rings is 2. The van der Waals surface area contributed by atoms with Crippen LogP contribution in [0.1, 0.15) is 71.6 Å². The van der Waals surface area contributed by atoms with Crippen LogP contribution in [0.4, 0.5) is 14.9 Å². The minimum absolute atomic E-state index is 0.0464. The standard InChI is InChI=1S/C29H35FN2O6S/c1-18-11-19(2)27(21(12-18)17-33)29(3,4)14-26(34)31-15-23-16-32(28(35)38-23)22-5-6-24(25(30)13-22)20-7-9-39(36,37)10-8-20/h5-6,11-13,17,20,23H,7-10,14-16H2,1-4H3,(H,31,34)/t23-/m0/s1. The molecule has 2 saturated heterocycles. The second-order valence-corrected chi connectivity index (χ2v) is 13.6. The zero-order chi connectivity index (χ0) is 28.5. The largest absolute Gasteiger partial charge is 0.442 e. The molecule has 2 aromatic carbocycles. The third-order valence-corrected chi connectivity index (χ3v) is 9.32. The molecule has 2 aliphatic rings. The van der Waals surface area contributed by atoms with E-state index >= 15 is 0 Å². The molecule has 0 radical (unpaired) electrons. The SMILES string of the molecule is Cc1cc(C)c(C(C)(C)CC(=O)NC[C@H]2CN(c3ccc(C4CCS(=O)(=O)CC4)c(F)c3)C(=O)O2)c(C=O)c1. The van der Waals surface area contributed by atoms with Gasteiger partial charge in [0.25, 0.3) is 0 Å². The average Bonchev–Trinajstić information content (AvgIpc) is 3.22. The Bertz CT molecular complexity index is 1390. The summed E-state index contributed by atoms with van der Waals surface area (Å²) in [5.74, 6) is -0.803. The summed E-state index contributed by atoms with van der Waals surface area (Å²) in [4.78, 5) is 38.4. The van der Waals surface area contributed by atoms with Crippen molar-refractivity contribution >= 4 is 33.8 Å². The number of ether oxygens (including phenoxy) is 1. The number of rotatable bonds is 8. The van der Waals surface area contributed by atoms with Gasteiger partial charge in [0.2, 0.25) is 5.91 Å². The van der Waals surface area contributed by atoms with Gasteiger partial charge in [-0.2, -0.15) is 0 Å². The van der Waals surface area contributed by atoms with Crippen LogP contribution in [-0.2, 0) is 24.8 Å². The van der Waals surface area contributed by atoms with Crippen molar-refractivity contribution in [2.45, 2.75) is 64.4 Å². The summed E-state index contributed by atoms with van der Waals surface area (Å²) >= 11 is 0. The first-order valence-corrected chi connectivity index (χ1v) is 14.9. The van der Waals surface area contributed by atoms with Gasteiger partial charge in [-0.3, -0.25) is 14.5 Å². The van der Waals surface area contributed by atoms with Crippen molar-refractivity contribution < 1.29 is 31.9 Å². The quantitative estimate of drug-likeness (QED) is 0.483. The van der Waals surface area contributed by atoms with Crippen LogP contribution < -0.4 is 10.2 Å². The van der Waals surface area contributed by atoms with Crippen LogP contribution in [0.15, 0.2) is 30.3 Å². The molecule has 2 aliphatic heterocycles. The van der Waals surface area contributed by atoms with E-state index < -0.39 is 33.3 Å². The third kappa shape index (κ3) is 6.49. The van der Waals surface area contributed by atoms with E-state index in [0.717, 1.165) is 23.0 Å². The minimum atomic E-state index is -3.05. The lowest BCUT2D eigenvalue weighted by Crippen LogP contribution is -2.37. The van der Waals surface area contributed by atoms with Gasteiger partial charge in [0, 0.05) is 12.0 Å². The van der Waals surface area contributed by atoms with Crippen LogP contribution >= 0.6 is 0 Å². The summed E-state index contributed by atoms with van der Waals surface area (Å²) in [6, 6.07) is 8.33. The highest BCUT2D eigenvalue weighted by Crippen LogP contribution is 2.34. The van der Waals surface area contributed by atoms with Crippen molar-refractivity contribution in [1.82, 2.24) is 5.32 Å². The van der Waals surface area contributed by atoms with Crippen molar-refractivity contribution in [3.63, 3.8) is 0 Å². The Kier molecular flexibility index (Phi) is 8.16. The number of cyclic esters (lactones) is 1. The monoisotopic (exact) mass is 558 g/mol. The maximum absolute atomic E-state index is 15.0. The Hall–Kier alpha value is -3.27. The van der Waals surface area contributed by atoms with E-state index in [4.69, 9.17) is 4.74 Å². The summed E-state index contributed by atoms with van der Waals surface area (Å²) in [7, 11) is -3.05. The summed E-state index contributed by atoms with van der Waals surface area (Å²) in [5.41, 5.74) is 3.52. The number of aryl methyl sites for hydroxylation is 2. The van der Waals surface area contributed by atoms with Crippen molar-refractivity contribution in [3.05, 3.63) is 64.0 Å². The predicted octanol–water partition coefficient (Wildman–Crippen LogP) is 4.36. The van der Waals surface area contributed by atoms with Gasteiger partial charge in [-0.1, -0.05) is 31.5 Å². The Labute approximate surface area is 228 Å². The number of sulfone groups is 1. The maximum Gasteiger partial charge on any atom is 0.414 e. The second kappa shape index (κ2) is 11.1. The van der Waals surface area contributed by atoms with Crippen LogP contribution in [0.25, 0.3) is 0 Å². The van der Waals surface area contributed by atoms with Gasteiger partial charge in [0.15, 0.2) is 0 Å². The van der Waals surface area contributed by atoms with Crippen LogP contribution in [0.5, 0.6) is 0 Å². The highest BCUT2D eigenvalue weighted by Gasteiger charge is 2.35. The number of hydrogen-bond donors (Lipinski definition) is 1. The molecule has 2 aromatic rings. The number of carbonyl (C=O) groups excluding carboxylic acids is 3. The number of nitrogens with one attached hydrogen (secondary N) is 1. The molecular formula is C29H35FN2O6S. The van der Waals surface area contributed by atoms with Gasteiger partial charge < -0.3 is 10.1 Å². The molecule has 0 bridgehead atoms. The smallest absolute Gasteiger partial charge is 0.414 e. The molecule has 0 aliphatic carbocycles. The Balaban J connectivity index is 1.35. The normalized spacial score (nSPS) is 19.6. The summed E-state index contributed by atoms with van der Waals surface area (Å²) in [6.07, 6.45) is 0.471. The molecule has 210 valence electrons. The number of anilines is 1. The zero-order valence-electron chi connectivity index (χ0n) is 22.8. The lowest BCUT2D eigenvalue weighted by Gasteiger charge is -2.28. The zero-order valence-corrected chi connectivity index (χ0v) is 23.6. The molecule has 2 fully saturated rings. The first-order chi connectivity index (χ1) is 18.3. The highest BCUT2D eigenvalue weighted by molar-refractivity contribution is 7.91. The molecule has 1 N–H and O–H groups in total. The van der Waals surface area contributed by atoms with Crippen molar-refractivity contribution in [1.29, 1.82) is 0 Å². The number of amides is 2. The molecule has 0 unspecified atom stereocenters. The third-order valence-electron chi connectivity index (χ3n) is 7.61. The van der Waals surface area contributed by atoms with E-state index in [0.29, 0.717) is 29.7 Å².